The number of anilines is 1. The number of halogens is 1. The van der Waals surface area contributed by atoms with Gasteiger partial charge in [0.1, 0.15) is 0 Å². The summed E-state index contributed by atoms with van der Waals surface area (Å²) in [5.41, 5.74) is 1.54. The minimum atomic E-state index is -3.48. The first kappa shape index (κ1) is 27.3. The number of hydrogen-bond acceptors (Lipinski definition) is 6. The minimum Gasteiger partial charge on any atom is -0.309 e. The molecule has 0 spiro atoms. The number of nitrogens with zero attached hydrogens (tertiary/aromatic N) is 2. The maximum atomic E-state index is 13.4. The molecule has 1 saturated carbocycles. The summed E-state index contributed by atoms with van der Waals surface area (Å²) >= 11 is 6.29. The standard InChI is InChI=1S/C26H30ClN3O5S2/c1-36(32,33)21-10-7-19(8-11-21)17-30-14-13-25(29-30)28-26(31)22(15-18-5-3-4-6-18)20-9-12-24(23(27)16-20)37(2,34)35/h7-14,16,18,22H,3-6,15,17H2,1-2H3,(H,28,29,31)/t22-/m1/s1. The molecule has 0 radical (unpaired) electrons. The van der Waals surface area contributed by atoms with Gasteiger partial charge in [-0.2, -0.15) is 5.10 Å². The highest BCUT2D eigenvalue weighted by atomic mass is 35.5. The van der Waals surface area contributed by atoms with E-state index in [4.69, 9.17) is 11.6 Å². The number of benzene rings is 2. The molecule has 3 aromatic rings. The van der Waals surface area contributed by atoms with Crippen molar-refractivity contribution in [2.75, 3.05) is 17.8 Å². The van der Waals surface area contributed by atoms with E-state index in [1.165, 1.54) is 12.3 Å². The number of rotatable bonds is 9. The Morgan fingerprint density at radius 1 is 1.03 bits per heavy atom. The normalized spacial score (nSPS) is 15.5. The molecule has 1 amide bonds. The Kier molecular flexibility index (Phi) is 8.11. The number of amides is 1. The lowest BCUT2D eigenvalue weighted by molar-refractivity contribution is -0.118. The Morgan fingerprint density at radius 3 is 2.30 bits per heavy atom. The van der Waals surface area contributed by atoms with E-state index in [1.54, 1.807) is 53.3 Å². The smallest absolute Gasteiger partial charge is 0.233 e. The third kappa shape index (κ3) is 7.00. The monoisotopic (exact) mass is 563 g/mol. The summed E-state index contributed by atoms with van der Waals surface area (Å²) < 4.78 is 48.9. The van der Waals surface area contributed by atoms with Crippen molar-refractivity contribution in [3.8, 4) is 0 Å². The second-order valence-electron chi connectivity index (χ2n) is 9.70. The number of carbonyl (C=O) groups is 1. The van der Waals surface area contributed by atoms with E-state index in [9.17, 15) is 21.6 Å². The van der Waals surface area contributed by atoms with E-state index in [2.05, 4.69) is 10.4 Å². The molecule has 0 bridgehead atoms. The summed E-state index contributed by atoms with van der Waals surface area (Å²) in [6.07, 6.45) is 9.06. The molecule has 4 rings (SSSR count). The van der Waals surface area contributed by atoms with E-state index in [0.717, 1.165) is 37.5 Å². The molecule has 0 unspecified atom stereocenters. The maximum Gasteiger partial charge on any atom is 0.233 e. The molecule has 1 aliphatic carbocycles. The highest BCUT2D eigenvalue weighted by molar-refractivity contribution is 7.91. The highest BCUT2D eigenvalue weighted by Gasteiger charge is 2.28. The lowest BCUT2D eigenvalue weighted by Crippen LogP contribution is -2.23. The molecule has 37 heavy (non-hydrogen) atoms. The van der Waals surface area contributed by atoms with Gasteiger partial charge in [-0.05, 0) is 47.7 Å². The van der Waals surface area contributed by atoms with Crippen LogP contribution in [0.1, 0.15) is 49.1 Å². The third-order valence-electron chi connectivity index (χ3n) is 6.71. The molecular formula is C26H30ClN3O5S2. The summed E-state index contributed by atoms with van der Waals surface area (Å²) in [5, 5.41) is 7.46. The number of sulfone groups is 2. The first-order valence-electron chi connectivity index (χ1n) is 12.0. The molecule has 198 valence electrons. The summed E-state index contributed by atoms with van der Waals surface area (Å²) in [6.45, 7) is 0.411. The fourth-order valence-electron chi connectivity index (χ4n) is 4.77. The molecule has 1 aromatic heterocycles. The summed E-state index contributed by atoms with van der Waals surface area (Å²) in [7, 11) is -6.74. The van der Waals surface area contributed by atoms with Crippen LogP contribution in [-0.2, 0) is 31.0 Å². The Hall–Kier alpha value is -2.69. The number of aromatic nitrogens is 2. The zero-order chi connectivity index (χ0) is 26.8. The van der Waals surface area contributed by atoms with Gasteiger partial charge in [-0.3, -0.25) is 9.48 Å². The van der Waals surface area contributed by atoms with E-state index in [-0.39, 0.29) is 20.7 Å². The minimum absolute atomic E-state index is 0.0428. The second-order valence-corrected chi connectivity index (χ2v) is 14.1. The van der Waals surface area contributed by atoms with Gasteiger partial charge in [-0.15, -0.1) is 0 Å². The van der Waals surface area contributed by atoms with E-state index in [0.29, 0.717) is 30.3 Å². The van der Waals surface area contributed by atoms with Crippen molar-refractivity contribution in [3.05, 3.63) is 70.9 Å². The zero-order valence-corrected chi connectivity index (χ0v) is 23.1. The van der Waals surface area contributed by atoms with Crippen LogP contribution in [0, 0.1) is 5.92 Å². The lowest BCUT2D eigenvalue weighted by atomic mass is 9.87. The quantitative estimate of drug-likeness (QED) is 0.404. The van der Waals surface area contributed by atoms with Gasteiger partial charge in [0.2, 0.25) is 5.91 Å². The first-order chi connectivity index (χ1) is 17.4. The van der Waals surface area contributed by atoms with Crippen LogP contribution in [0.2, 0.25) is 5.02 Å². The van der Waals surface area contributed by atoms with Gasteiger partial charge in [-0.25, -0.2) is 16.8 Å². The van der Waals surface area contributed by atoms with Crippen LogP contribution in [0.3, 0.4) is 0 Å². The second kappa shape index (κ2) is 11.0. The lowest BCUT2D eigenvalue weighted by Gasteiger charge is -2.21. The van der Waals surface area contributed by atoms with Crippen molar-refractivity contribution in [1.29, 1.82) is 0 Å². The zero-order valence-electron chi connectivity index (χ0n) is 20.7. The van der Waals surface area contributed by atoms with E-state index < -0.39 is 25.6 Å². The summed E-state index contributed by atoms with van der Waals surface area (Å²) in [6, 6.07) is 13.0. The molecule has 0 aliphatic heterocycles. The van der Waals surface area contributed by atoms with E-state index in [1.807, 2.05) is 0 Å². The molecule has 1 heterocycles. The molecule has 1 N–H and O–H groups in total. The third-order valence-corrected chi connectivity index (χ3v) is 9.41. The van der Waals surface area contributed by atoms with E-state index >= 15 is 0 Å². The first-order valence-corrected chi connectivity index (χ1v) is 16.2. The van der Waals surface area contributed by atoms with Crippen molar-refractivity contribution in [1.82, 2.24) is 9.78 Å². The van der Waals surface area contributed by atoms with Crippen molar-refractivity contribution >= 4 is 43.0 Å². The number of nitrogens with one attached hydrogen (secondary N) is 1. The van der Waals surface area contributed by atoms with Gasteiger partial charge in [0.05, 0.1) is 27.3 Å². The summed E-state index contributed by atoms with van der Waals surface area (Å²) in [4.78, 5) is 13.7. The highest BCUT2D eigenvalue weighted by Crippen LogP contribution is 2.36. The Morgan fingerprint density at radius 2 is 1.70 bits per heavy atom. The van der Waals surface area contributed by atoms with Gasteiger partial charge in [0.25, 0.3) is 0 Å². The average Bonchev–Trinajstić information content (AvgIpc) is 3.48. The van der Waals surface area contributed by atoms with Crippen molar-refractivity contribution < 1.29 is 21.6 Å². The van der Waals surface area contributed by atoms with Crippen molar-refractivity contribution in [2.45, 2.75) is 54.4 Å². The van der Waals surface area contributed by atoms with Crippen LogP contribution < -0.4 is 5.32 Å². The molecule has 2 aromatic carbocycles. The van der Waals surface area contributed by atoms with Gasteiger partial charge >= 0.3 is 0 Å². The van der Waals surface area contributed by atoms with Gasteiger partial charge in [0, 0.05) is 24.8 Å². The summed E-state index contributed by atoms with van der Waals surface area (Å²) in [5.74, 6) is 0.0883. The molecular weight excluding hydrogens is 534 g/mol. The fraction of sp³-hybridized carbons (Fsp3) is 0.385. The van der Waals surface area contributed by atoms with Gasteiger partial charge in [-0.1, -0.05) is 55.5 Å². The number of carbonyl (C=O) groups excluding carboxylic acids is 1. The van der Waals surface area contributed by atoms with Gasteiger partial charge in [0.15, 0.2) is 25.5 Å². The van der Waals surface area contributed by atoms with Crippen LogP contribution in [0.15, 0.2) is 64.5 Å². The fourth-order valence-corrected chi connectivity index (χ4v) is 6.74. The Balaban J connectivity index is 1.50. The maximum absolute atomic E-state index is 13.4. The topological polar surface area (TPSA) is 115 Å². The Bertz CT molecular complexity index is 1490. The van der Waals surface area contributed by atoms with Crippen LogP contribution in [0.4, 0.5) is 5.82 Å². The molecule has 8 nitrogen and oxygen atoms in total. The SMILES string of the molecule is CS(=O)(=O)c1ccc(Cn2ccc(NC(=O)[C@H](CC3CCCC3)c3ccc(S(C)(=O)=O)c(Cl)c3)n2)cc1. The molecule has 1 fully saturated rings. The predicted molar refractivity (Wildman–Crippen MR) is 143 cm³/mol. The average molecular weight is 564 g/mol. The van der Waals surface area contributed by atoms with Crippen molar-refractivity contribution in [3.63, 3.8) is 0 Å². The van der Waals surface area contributed by atoms with Gasteiger partial charge < -0.3 is 5.32 Å². The molecule has 1 aliphatic rings. The largest absolute Gasteiger partial charge is 0.309 e. The van der Waals surface area contributed by atoms with Crippen molar-refractivity contribution in [2.24, 2.45) is 5.92 Å². The Labute approximate surface area is 222 Å². The van der Waals surface area contributed by atoms with Crippen LogP contribution in [0.25, 0.3) is 0 Å². The molecule has 11 heteroatoms. The van der Waals surface area contributed by atoms with Crippen LogP contribution >= 0.6 is 11.6 Å². The molecule has 0 saturated heterocycles. The van der Waals surface area contributed by atoms with Crippen LogP contribution in [-0.4, -0.2) is 45.0 Å². The predicted octanol–water partition coefficient (Wildman–Crippen LogP) is 4.69. The molecule has 1 atom stereocenters. The number of hydrogen-bond donors (Lipinski definition) is 1. The van der Waals surface area contributed by atoms with Crippen LogP contribution in [0.5, 0.6) is 0 Å².